The van der Waals surface area contributed by atoms with Crippen LogP contribution in [-0.4, -0.2) is 43.1 Å². The lowest BCUT2D eigenvalue weighted by atomic mass is 10.1. The molecule has 2 aromatic carbocycles. The number of morpholine rings is 1. The van der Waals surface area contributed by atoms with Crippen LogP contribution in [0.2, 0.25) is 0 Å². The van der Waals surface area contributed by atoms with Gasteiger partial charge in [0.25, 0.3) is 11.8 Å². The summed E-state index contributed by atoms with van der Waals surface area (Å²) < 4.78 is 5.36. The first-order valence-corrected chi connectivity index (χ1v) is 10.2. The molecule has 7 heteroatoms. The van der Waals surface area contributed by atoms with Crippen molar-refractivity contribution >= 4 is 29.0 Å². The summed E-state index contributed by atoms with van der Waals surface area (Å²) in [5.41, 5.74) is 3.17. The highest BCUT2D eigenvalue weighted by atomic mass is 16.5. The van der Waals surface area contributed by atoms with E-state index in [1.165, 1.54) is 0 Å². The van der Waals surface area contributed by atoms with Crippen molar-refractivity contribution in [1.29, 1.82) is 0 Å². The van der Waals surface area contributed by atoms with Gasteiger partial charge in [0.05, 0.1) is 18.8 Å². The molecular formula is C24H24N4O3. The third-order valence-electron chi connectivity index (χ3n) is 5.12. The minimum Gasteiger partial charge on any atom is -0.378 e. The largest absolute Gasteiger partial charge is 0.378 e. The highest BCUT2D eigenvalue weighted by Crippen LogP contribution is 2.22. The normalized spacial score (nSPS) is 13.5. The van der Waals surface area contributed by atoms with Crippen LogP contribution in [0.5, 0.6) is 0 Å². The lowest BCUT2D eigenvalue weighted by Gasteiger charge is -2.27. The van der Waals surface area contributed by atoms with Crippen molar-refractivity contribution in [3.8, 4) is 0 Å². The number of rotatable bonds is 5. The Balaban J connectivity index is 1.44. The molecule has 1 fully saturated rings. The number of pyridine rings is 1. The molecule has 158 valence electrons. The molecule has 0 saturated carbocycles. The van der Waals surface area contributed by atoms with Crippen molar-refractivity contribution < 1.29 is 14.3 Å². The van der Waals surface area contributed by atoms with E-state index < -0.39 is 0 Å². The topological polar surface area (TPSA) is 83.6 Å². The molecule has 0 aliphatic carbocycles. The number of aromatic nitrogens is 1. The first-order chi connectivity index (χ1) is 15.1. The van der Waals surface area contributed by atoms with E-state index in [0.29, 0.717) is 35.7 Å². The number of amides is 2. The number of carbonyl (C=O) groups excluding carboxylic acids is 2. The molecule has 0 bridgehead atoms. The minimum atomic E-state index is -0.254. The first kappa shape index (κ1) is 20.6. The minimum absolute atomic E-state index is 0.204. The van der Waals surface area contributed by atoms with Gasteiger partial charge >= 0.3 is 0 Å². The molecule has 2 amide bonds. The Bertz CT molecular complexity index is 1060. The summed E-state index contributed by atoms with van der Waals surface area (Å²) >= 11 is 0. The number of nitrogens with one attached hydrogen (secondary N) is 2. The molecule has 3 aromatic rings. The smallest absolute Gasteiger partial charge is 0.257 e. The first-order valence-electron chi connectivity index (χ1n) is 10.2. The maximum absolute atomic E-state index is 12.7. The fourth-order valence-electron chi connectivity index (χ4n) is 3.32. The summed E-state index contributed by atoms with van der Waals surface area (Å²) in [6.45, 7) is 4.84. The Hall–Kier alpha value is -3.71. The zero-order valence-electron chi connectivity index (χ0n) is 17.3. The van der Waals surface area contributed by atoms with E-state index in [1.807, 2.05) is 43.3 Å². The number of aryl methyl sites for hydroxylation is 1. The summed E-state index contributed by atoms with van der Waals surface area (Å²) in [7, 11) is 0. The Morgan fingerprint density at radius 3 is 2.35 bits per heavy atom. The van der Waals surface area contributed by atoms with Crippen molar-refractivity contribution in [3.63, 3.8) is 0 Å². The number of carbonyl (C=O) groups is 2. The molecule has 1 aromatic heterocycles. The molecule has 0 unspecified atom stereocenters. The van der Waals surface area contributed by atoms with Gasteiger partial charge in [0.2, 0.25) is 0 Å². The molecular weight excluding hydrogens is 392 g/mol. The second kappa shape index (κ2) is 9.40. The van der Waals surface area contributed by atoms with E-state index >= 15 is 0 Å². The van der Waals surface area contributed by atoms with Gasteiger partial charge in [-0.1, -0.05) is 24.3 Å². The number of benzene rings is 2. The van der Waals surface area contributed by atoms with Crippen LogP contribution in [0.15, 0.2) is 66.9 Å². The van der Waals surface area contributed by atoms with Crippen molar-refractivity contribution in [2.75, 3.05) is 41.8 Å². The fourth-order valence-corrected chi connectivity index (χ4v) is 3.32. The maximum atomic E-state index is 12.7. The summed E-state index contributed by atoms with van der Waals surface area (Å²) in [6, 6.07) is 18.0. The molecule has 1 aliphatic rings. The lowest BCUT2D eigenvalue weighted by molar-refractivity contribution is 0.101. The van der Waals surface area contributed by atoms with Gasteiger partial charge in [0, 0.05) is 36.2 Å². The second-order valence-corrected chi connectivity index (χ2v) is 7.31. The number of hydrogen-bond donors (Lipinski definition) is 2. The Labute approximate surface area is 181 Å². The van der Waals surface area contributed by atoms with Crippen LogP contribution in [0.4, 0.5) is 17.2 Å². The summed E-state index contributed by atoms with van der Waals surface area (Å²) in [4.78, 5) is 31.7. The number of nitrogens with zero attached hydrogens (tertiary/aromatic N) is 2. The Morgan fingerprint density at radius 1 is 0.903 bits per heavy atom. The Kier molecular flexibility index (Phi) is 6.24. The SMILES string of the molecule is Cc1ccc(NC(=O)c2ccccc2)cc1NC(=O)c1ccc(N2CCOCC2)nc1. The van der Waals surface area contributed by atoms with Crippen LogP contribution in [0.1, 0.15) is 26.3 Å². The van der Waals surface area contributed by atoms with Crippen LogP contribution in [0.25, 0.3) is 0 Å². The van der Waals surface area contributed by atoms with Gasteiger partial charge in [-0.2, -0.15) is 0 Å². The molecule has 1 saturated heterocycles. The molecule has 7 nitrogen and oxygen atoms in total. The number of ether oxygens (including phenoxy) is 1. The van der Waals surface area contributed by atoms with Gasteiger partial charge < -0.3 is 20.3 Å². The van der Waals surface area contributed by atoms with Gasteiger partial charge in [-0.3, -0.25) is 9.59 Å². The lowest BCUT2D eigenvalue weighted by Crippen LogP contribution is -2.36. The fraction of sp³-hybridized carbons (Fsp3) is 0.208. The average Bonchev–Trinajstić information content (AvgIpc) is 2.82. The van der Waals surface area contributed by atoms with E-state index in [0.717, 1.165) is 24.5 Å². The molecule has 1 aliphatic heterocycles. The predicted molar refractivity (Wildman–Crippen MR) is 121 cm³/mol. The zero-order valence-corrected chi connectivity index (χ0v) is 17.3. The van der Waals surface area contributed by atoms with Gasteiger partial charge in [-0.15, -0.1) is 0 Å². The summed E-state index contributed by atoms with van der Waals surface area (Å²) in [5.74, 6) is 0.377. The van der Waals surface area contributed by atoms with Crippen molar-refractivity contribution in [1.82, 2.24) is 4.98 Å². The van der Waals surface area contributed by atoms with E-state index in [2.05, 4.69) is 20.5 Å². The standard InChI is InChI=1S/C24H24N4O3/c1-17-7-9-20(26-23(29)18-5-3-2-4-6-18)15-21(17)27-24(30)19-8-10-22(25-16-19)28-11-13-31-14-12-28/h2-10,15-16H,11-14H2,1H3,(H,26,29)(H,27,30). The number of hydrogen-bond acceptors (Lipinski definition) is 5. The molecule has 2 heterocycles. The Morgan fingerprint density at radius 2 is 1.65 bits per heavy atom. The van der Waals surface area contributed by atoms with Gasteiger partial charge in [0.15, 0.2) is 0 Å². The van der Waals surface area contributed by atoms with E-state index in [-0.39, 0.29) is 11.8 Å². The van der Waals surface area contributed by atoms with E-state index in [4.69, 9.17) is 4.74 Å². The van der Waals surface area contributed by atoms with Gasteiger partial charge in [-0.05, 0) is 48.9 Å². The summed E-state index contributed by atoms with van der Waals surface area (Å²) in [5, 5.41) is 5.78. The van der Waals surface area contributed by atoms with Crippen LogP contribution in [0.3, 0.4) is 0 Å². The highest BCUT2D eigenvalue weighted by Gasteiger charge is 2.14. The maximum Gasteiger partial charge on any atom is 0.257 e. The predicted octanol–water partition coefficient (Wildman–Crippen LogP) is 3.73. The molecule has 0 radical (unpaired) electrons. The molecule has 2 N–H and O–H groups in total. The molecule has 0 spiro atoms. The zero-order chi connectivity index (χ0) is 21.6. The van der Waals surface area contributed by atoms with Gasteiger partial charge in [0.1, 0.15) is 5.82 Å². The summed E-state index contributed by atoms with van der Waals surface area (Å²) in [6.07, 6.45) is 1.58. The van der Waals surface area contributed by atoms with E-state index in [1.54, 1.807) is 30.5 Å². The van der Waals surface area contributed by atoms with Crippen LogP contribution < -0.4 is 15.5 Å². The van der Waals surface area contributed by atoms with Crippen molar-refractivity contribution in [3.05, 3.63) is 83.6 Å². The number of anilines is 3. The monoisotopic (exact) mass is 416 g/mol. The van der Waals surface area contributed by atoms with Crippen LogP contribution >= 0.6 is 0 Å². The molecule has 4 rings (SSSR count). The van der Waals surface area contributed by atoms with Crippen LogP contribution in [0, 0.1) is 6.92 Å². The third kappa shape index (κ3) is 5.07. The van der Waals surface area contributed by atoms with E-state index in [9.17, 15) is 9.59 Å². The molecule has 0 atom stereocenters. The average molecular weight is 416 g/mol. The van der Waals surface area contributed by atoms with Crippen molar-refractivity contribution in [2.24, 2.45) is 0 Å². The quantitative estimate of drug-likeness (QED) is 0.662. The third-order valence-corrected chi connectivity index (χ3v) is 5.12. The molecule has 31 heavy (non-hydrogen) atoms. The van der Waals surface area contributed by atoms with Gasteiger partial charge in [-0.25, -0.2) is 4.98 Å². The van der Waals surface area contributed by atoms with Crippen LogP contribution in [-0.2, 0) is 4.74 Å². The highest BCUT2D eigenvalue weighted by molar-refractivity contribution is 6.06. The van der Waals surface area contributed by atoms with Crippen molar-refractivity contribution in [2.45, 2.75) is 6.92 Å². The second-order valence-electron chi connectivity index (χ2n) is 7.31.